The first kappa shape index (κ1) is 31.1. The van der Waals surface area contributed by atoms with Crippen LogP contribution < -0.4 is 0 Å². The second-order valence-corrected chi connectivity index (χ2v) is 13.5. The lowest BCUT2D eigenvalue weighted by atomic mass is 10.1. The highest BCUT2D eigenvalue weighted by atomic mass is 32.2. The van der Waals surface area contributed by atoms with Crippen molar-refractivity contribution in [3.8, 4) is 0 Å². The van der Waals surface area contributed by atoms with Crippen LogP contribution in [-0.4, -0.2) is 47.0 Å². The molecule has 8 nitrogen and oxygen atoms in total. The van der Waals surface area contributed by atoms with E-state index < -0.39 is 26.0 Å². The van der Waals surface area contributed by atoms with Crippen molar-refractivity contribution < 1.29 is 25.9 Å². The molecule has 0 amide bonds. The predicted molar refractivity (Wildman–Crippen MR) is 147 cm³/mol. The van der Waals surface area contributed by atoms with Crippen LogP contribution in [0.2, 0.25) is 0 Å². The Balaban J connectivity index is 1.79. The van der Waals surface area contributed by atoms with Crippen LogP contribution in [0.5, 0.6) is 0 Å². The number of hydrogen-bond acceptors (Lipinski definition) is 6. The molecule has 0 atom stereocenters. The maximum absolute atomic E-state index is 11.6. The van der Waals surface area contributed by atoms with Gasteiger partial charge in [-0.2, -0.15) is 16.8 Å². The van der Waals surface area contributed by atoms with E-state index in [2.05, 4.69) is 11.9 Å². The van der Waals surface area contributed by atoms with E-state index in [0.717, 1.165) is 18.6 Å². The van der Waals surface area contributed by atoms with Gasteiger partial charge in [0, 0.05) is 12.3 Å². The number of fused-ring (bicyclic) bond motifs is 1. The highest BCUT2D eigenvalue weighted by Crippen LogP contribution is 2.27. The van der Waals surface area contributed by atoms with Gasteiger partial charge in [0.1, 0.15) is 0 Å². The summed E-state index contributed by atoms with van der Waals surface area (Å²) < 4.78 is 65.6. The summed E-state index contributed by atoms with van der Waals surface area (Å²) in [5.74, 6) is 0.457. The molecular weight excluding hydrogens is 520 g/mol. The SMILES string of the molecule is CCCCCCCCCCCCCCCSc1nc2ccc(S(=O)(=O)O)cc2n1CCCS(=O)(=O)O. The number of benzene rings is 1. The van der Waals surface area contributed by atoms with Crippen molar-refractivity contribution in [1.82, 2.24) is 9.55 Å². The molecule has 1 aromatic heterocycles. The Morgan fingerprint density at radius 1 is 0.806 bits per heavy atom. The van der Waals surface area contributed by atoms with E-state index in [1.54, 1.807) is 16.3 Å². The predicted octanol–water partition coefficient (Wildman–Crippen LogP) is 6.74. The molecule has 0 fully saturated rings. The minimum atomic E-state index is -4.37. The molecule has 0 spiro atoms. The largest absolute Gasteiger partial charge is 0.319 e. The molecule has 0 aliphatic rings. The lowest BCUT2D eigenvalue weighted by Crippen LogP contribution is -2.09. The second-order valence-electron chi connectivity index (χ2n) is 9.40. The molecule has 1 aromatic carbocycles. The highest BCUT2D eigenvalue weighted by molar-refractivity contribution is 7.99. The van der Waals surface area contributed by atoms with Crippen LogP contribution in [0.15, 0.2) is 28.3 Å². The third kappa shape index (κ3) is 11.9. The first-order valence-electron chi connectivity index (χ1n) is 13.2. The molecule has 1 heterocycles. The van der Waals surface area contributed by atoms with Gasteiger partial charge in [-0.05, 0) is 31.0 Å². The molecule has 0 unspecified atom stereocenters. The third-order valence-corrected chi connectivity index (χ3v) is 8.96. The van der Waals surface area contributed by atoms with Gasteiger partial charge in [0.15, 0.2) is 5.16 Å². The maximum atomic E-state index is 11.6. The van der Waals surface area contributed by atoms with Crippen LogP contribution in [0.3, 0.4) is 0 Å². The molecule has 2 N–H and O–H groups in total. The average Bonchev–Trinajstić information content (AvgIpc) is 3.14. The van der Waals surface area contributed by atoms with Gasteiger partial charge in [-0.1, -0.05) is 95.7 Å². The fourth-order valence-corrected chi connectivity index (χ4v) is 6.29. The molecule has 36 heavy (non-hydrogen) atoms. The van der Waals surface area contributed by atoms with Crippen molar-refractivity contribution in [2.75, 3.05) is 11.5 Å². The van der Waals surface area contributed by atoms with Crippen molar-refractivity contribution in [3.63, 3.8) is 0 Å². The first-order chi connectivity index (χ1) is 17.1. The minimum Gasteiger partial charge on any atom is -0.319 e. The quantitative estimate of drug-likeness (QED) is 0.103. The Labute approximate surface area is 221 Å². The lowest BCUT2D eigenvalue weighted by Gasteiger charge is -2.09. The standard InChI is InChI=1S/C25H42N2O6S3/c1-2-3-4-5-6-7-8-9-10-11-12-13-14-19-34-25-26-23-17-16-22(36(31,32)33)21-24(23)27(25)18-15-20-35(28,29)30/h16-17,21H,2-15,18-20H2,1H3,(H,28,29,30)(H,31,32,33). The highest BCUT2D eigenvalue weighted by Gasteiger charge is 2.17. The van der Waals surface area contributed by atoms with Gasteiger partial charge >= 0.3 is 0 Å². The maximum Gasteiger partial charge on any atom is 0.294 e. The Kier molecular flexibility index (Phi) is 13.8. The Morgan fingerprint density at radius 3 is 1.89 bits per heavy atom. The molecular formula is C25H42N2O6S3. The number of hydrogen-bond donors (Lipinski definition) is 2. The minimum absolute atomic E-state index is 0.159. The summed E-state index contributed by atoms with van der Waals surface area (Å²) in [5, 5.41) is 0.673. The number of nitrogens with zero attached hydrogens (tertiary/aromatic N) is 2. The molecule has 0 aliphatic carbocycles. The zero-order chi connectivity index (χ0) is 26.4. The van der Waals surface area contributed by atoms with Crippen LogP contribution in [0.25, 0.3) is 11.0 Å². The number of thioether (sulfide) groups is 1. The number of aromatic nitrogens is 2. The van der Waals surface area contributed by atoms with Gasteiger partial charge in [0.05, 0.1) is 21.7 Å². The molecule has 0 aliphatic heterocycles. The van der Waals surface area contributed by atoms with Crippen LogP contribution in [0.1, 0.15) is 96.8 Å². The van der Waals surface area contributed by atoms with E-state index in [1.165, 1.54) is 88.8 Å². The van der Waals surface area contributed by atoms with Crippen molar-refractivity contribution in [1.29, 1.82) is 0 Å². The van der Waals surface area contributed by atoms with Crippen molar-refractivity contribution >= 4 is 43.0 Å². The Morgan fingerprint density at radius 2 is 1.36 bits per heavy atom. The number of imidazole rings is 1. The van der Waals surface area contributed by atoms with Crippen molar-refractivity contribution in [2.45, 2.75) is 113 Å². The van der Waals surface area contributed by atoms with E-state index in [1.807, 2.05) is 0 Å². The van der Waals surface area contributed by atoms with Crippen LogP contribution in [-0.2, 0) is 26.8 Å². The number of unbranched alkanes of at least 4 members (excludes halogenated alkanes) is 12. The summed E-state index contributed by atoms with van der Waals surface area (Å²) in [5.41, 5.74) is 1.08. The smallest absolute Gasteiger partial charge is 0.294 e. The Hall–Kier alpha value is -1.14. The van der Waals surface area contributed by atoms with Gasteiger partial charge in [-0.3, -0.25) is 9.11 Å². The molecule has 206 valence electrons. The molecule has 0 saturated heterocycles. The van der Waals surface area contributed by atoms with Gasteiger partial charge in [-0.25, -0.2) is 4.98 Å². The third-order valence-electron chi connectivity index (χ3n) is 6.25. The molecule has 0 saturated carbocycles. The number of rotatable bonds is 20. The normalized spacial score (nSPS) is 12.5. The van der Waals surface area contributed by atoms with E-state index in [4.69, 9.17) is 4.55 Å². The number of aryl methyl sites for hydroxylation is 1. The summed E-state index contributed by atoms with van der Waals surface area (Å²) in [4.78, 5) is 4.35. The zero-order valence-electron chi connectivity index (χ0n) is 21.4. The van der Waals surface area contributed by atoms with E-state index in [-0.39, 0.29) is 17.9 Å². The van der Waals surface area contributed by atoms with Crippen LogP contribution in [0, 0.1) is 0 Å². The molecule has 0 radical (unpaired) electrons. The summed E-state index contributed by atoms with van der Waals surface area (Å²) in [6, 6.07) is 4.18. The molecule has 2 rings (SSSR count). The Bertz CT molecular complexity index is 1130. The summed E-state index contributed by atoms with van der Waals surface area (Å²) >= 11 is 1.55. The first-order valence-corrected chi connectivity index (χ1v) is 17.2. The average molecular weight is 563 g/mol. The van der Waals surface area contributed by atoms with E-state index in [9.17, 15) is 21.4 Å². The molecule has 2 aromatic rings. The monoisotopic (exact) mass is 562 g/mol. The zero-order valence-corrected chi connectivity index (χ0v) is 23.8. The molecule has 11 heteroatoms. The van der Waals surface area contributed by atoms with Gasteiger partial charge in [0.2, 0.25) is 0 Å². The lowest BCUT2D eigenvalue weighted by molar-refractivity contribution is 0.477. The fourth-order valence-electron chi connectivity index (χ4n) is 4.26. The fraction of sp³-hybridized carbons (Fsp3) is 0.720. The molecule has 0 bridgehead atoms. The topological polar surface area (TPSA) is 127 Å². The second kappa shape index (κ2) is 16.0. The van der Waals surface area contributed by atoms with Crippen molar-refractivity contribution in [2.24, 2.45) is 0 Å². The van der Waals surface area contributed by atoms with Crippen molar-refractivity contribution in [3.05, 3.63) is 18.2 Å². The van der Waals surface area contributed by atoms with Gasteiger partial charge < -0.3 is 4.57 Å². The van der Waals surface area contributed by atoms with Crippen LogP contribution in [0.4, 0.5) is 0 Å². The summed E-state index contributed by atoms with van der Waals surface area (Å²) in [6.45, 7) is 2.50. The summed E-state index contributed by atoms with van der Waals surface area (Å²) in [7, 11) is -8.47. The van der Waals surface area contributed by atoms with Gasteiger partial charge in [-0.15, -0.1) is 0 Å². The van der Waals surface area contributed by atoms with E-state index >= 15 is 0 Å². The van der Waals surface area contributed by atoms with Gasteiger partial charge in [0.25, 0.3) is 20.2 Å². The summed E-state index contributed by atoms with van der Waals surface area (Å²) in [6.07, 6.45) is 16.9. The van der Waals surface area contributed by atoms with Crippen LogP contribution >= 0.6 is 11.8 Å². The van der Waals surface area contributed by atoms with E-state index in [0.29, 0.717) is 16.2 Å².